The first kappa shape index (κ1) is 15.6. The molecule has 1 aromatic carbocycles. The number of Topliss-reactive ketones (excluding diaryl/α,β-unsaturated/α-hetero) is 1. The first-order valence-electron chi connectivity index (χ1n) is 7.79. The highest BCUT2D eigenvalue weighted by Crippen LogP contribution is 2.41. The van der Waals surface area contributed by atoms with Crippen molar-refractivity contribution in [1.29, 1.82) is 0 Å². The van der Waals surface area contributed by atoms with Gasteiger partial charge in [-0.25, -0.2) is 4.79 Å². The van der Waals surface area contributed by atoms with Gasteiger partial charge in [0.1, 0.15) is 5.75 Å². The molecule has 2 amide bonds. The average Bonchev–Trinajstić information content (AvgIpc) is 2.44. The van der Waals surface area contributed by atoms with Crippen molar-refractivity contribution in [2.45, 2.75) is 39.7 Å². The molecule has 0 radical (unpaired) electrons. The molecule has 0 spiro atoms. The molecule has 2 N–H and O–H groups in total. The van der Waals surface area contributed by atoms with Gasteiger partial charge < -0.3 is 15.4 Å². The van der Waals surface area contributed by atoms with Crippen molar-refractivity contribution in [1.82, 2.24) is 10.6 Å². The van der Waals surface area contributed by atoms with Crippen molar-refractivity contribution in [3.05, 3.63) is 40.6 Å². The van der Waals surface area contributed by atoms with Crippen molar-refractivity contribution in [2.24, 2.45) is 5.41 Å². The molecular formula is C18H22N2O3. The Morgan fingerprint density at radius 3 is 2.61 bits per heavy atom. The summed E-state index contributed by atoms with van der Waals surface area (Å²) in [5, 5.41) is 5.71. The van der Waals surface area contributed by atoms with Crippen molar-refractivity contribution >= 4 is 11.8 Å². The Balaban J connectivity index is 2.06. The van der Waals surface area contributed by atoms with Crippen LogP contribution in [0.15, 0.2) is 29.5 Å². The molecule has 0 saturated heterocycles. The smallest absolute Gasteiger partial charge is 0.319 e. The maximum Gasteiger partial charge on any atom is 0.319 e. The number of aryl methyl sites for hydroxylation is 1. The van der Waals surface area contributed by atoms with Gasteiger partial charge in [-0.2, -0.15) is 0 Å². The van der Waals surface area contributed by atoms with Gasteiger partial charge in [0.25, 0.3) is 0 Å². The van der Waals surface area contributed by atoms with Crippen LogP contribution in [-0.4, -0.2) is 18.9 Å². The van der Waals surface area contributed by atoms with Crippen LogP contribution in [0, 0.1) is 12.3 Å². The van der Waals surface area contributed by atoms with E-state index in [1.165, 1.54) is 0 Å². The number of hydrogen-bond acceptors (Lipinski definition) is 3. The molecule has 1 aliphatic carbocycles. The van der Waals surface area contributed by atoms with E-state index in [9.17, 15) is 9.59 Å². The van der Waals surface area contributed by atoms with Crippen molar-refractivity contribution in [3.63, 3.8) is 0 Å². The minimum absolute atomic E-state index is 0.0993. The topological polar surface area (TPSA) is 67.4 Å². The summed E-state index contributed by atoms with van der Waals surface area (Å²) in [5.74, 6) is 0.890. The summed E-state index contributed by atoms with van der Waals surface area (Å²) >= 11 is 0. The van der Waals surface area contributed by atoms with E-state index in [0.717, 1.165) is 22.6 Å². The predicted molar refractivity (Wildman–Crippen MR) is 87.2 cm³/mol. The quantitative estimate of drug-likeness (QED) is 0.882. The standard InChI is InChI=1S/C18H22N2O3/c1-10-7-11(5-6-14(10)23-4)16-15-12(19-17(22)20-16)8-18(2,3)9-13(15)21/h5-7,16H,8-9H2,1-4H3,(H2,19,20,22). The Kier molecular flexibility index (Phi) is 3.66. The second kappa shape index (κ2) is 5.41. The normalized spacial score (nSPS) is 23.0. The summed E-state index contributed by atoms with van der Waals surface area (Å²) in [4.78, 5) is 24.7. The number of urea groups is 1. The summed E-state index contributed by atoms with van der Waals surface area (Å²) in [6, 6.07) is 5.09. The van der Waals surface area contributed by atoms with Crippen molar-refractivity contribution in [2.75, 3.05) is 7.11 Å². The van der Waals surface area contributed by atoms with E-state index in [4.69, 9.17) is 4.74 Å². The predicted octanol–water partition coefficient (Wildman–Crippen LogP) is 3.00. The molecule has 5 heteroatoms. The van der Waals surface area contributed by atoms with Crippen LogP contribution >= 0.6 is 0 Å². The highest BCUT2D eigenvalue weighted by molar-refractivity contribution is 6.01. The van der Waals surface area contributed by atoms with Crippen LogP contribution in [0.25, 0.3) is 0 Å². The number of amides is 2. The molecule has 0 aromatic heterocycles. The van der Waals surface area contributed by atoms with Gasteiger partial charge in [-0.15, -0.1) is 0 Å². The summed E-state index contributed by atoms with van der Waals surface area (Å²) in [6.07, 6.45) is 1.20. The Hall–Kier alpha value is -2.30. The molecule has 1 heterocycles. The Bertz CT molecular complexity index is 719. The number of carbonyl (C=O) groups excluding carboxylic acids is 2. The zero-order valence-electron chi connectivity index (χ0n) is 13.9. The fraction of sp³-hybridized carbons (Fsp3) is 0.444. The summed E-state index contributed by atoms with van der Waals surface area (Å²) in [7, 11) is 1.63. The first-order chi connectivity index (χ1) is 10.8. The van der Waals surface area contributed by atoms with Crippen LogP contribution in [0.4, 0.5) is 4.79 Å². The molecule has 0 fully saturated rings. The van der Waals surface area contributed by atoms with Crippen LogP contribution < -0.4 is 15.4 Å². The number of nitrogens with one attached hydrogen (secondary N) is 2. The number of ketones is 1. The van der Waals surface area contributed by atoms with Crippen LogP contribution in [0.5, 0.6) is 5.75 Å². The molecule has 23 heavy (non-hydrogen) atoms. The summed E-state index contributed by atoms with van der Waals surface area (Å²) in [5.41, 5.74) is 3.20. The van der Waals surface area contributed by atoms with Gasteiger partial charge >= 0.3 is 6.03 Å². The van der Waals surface area contributed by atoms with E-state index < -0.39 is 6.04 Å². The maximum absolute atomic E-state index is 12.7. The van der Waals surface area contributed by atoms with E-state index in [1.54, 1.807) is 7.11 Å². The lowest BCUT2D eigenvalue weighted by molar-refractivity contribution is -0.118. The molecular weight excluding hydrogens is 292 g/mol. The second-order valence-corrected chi connectivity index (χ2v) is 7.09. The van der Waals surface area contributed by atoms with Gasteiger partial charge in [0.15, 0.2) is 5.78 Å². The molecule has 0 bridgehead atoms. The largest absolute Gasteiger partial charge is 0.496 e. The summed E-state index contributed by atoms with van der Waals surface area (Å²) < 4.78 is 5.28. The number of ether oxygens (including phenoxy) is 1. The minimum Gasteiger partial charge on any atom is -0.496 e. The van der Waals surface area contributed by atoms with Crippen molar-refractivity contribution < 1.29 is 14.3 Å². The molecule has 122 valence electrons. The van der Waals surface area contributed by atoms with Gasteiger partial charge in [-0.1, -0.05) is 19.9 Å². The Labute approximate surface area is 136 Å². The molecule has 1 aliphatic heterocycles. The van der Waals surface area contributed by atoms with Gasteiger partial charge in [-0.05, 0) is 42.0 Å². The van der Waals surface area contributed by atoms with E-state index in [1.807, 2.05) is 25.1 Å². The fourth-order valence-corrected chi connectivity index (χ4v) is 3.49. The fourth-order valence-electron chi connectivity index (χ4n) is 3.49. The maximum atomic E-state index is 12.7. The van der Waals surface area contributed by atoms with Crippen LogP contribution in [0.3, 0.4) is 0 Å². The number of carbonyl (C=O) groups is 2. The highest BCUT2D eigenvalue weighted by Gasteiger charge is 2.40. The number of allylic oxidation sites excluding steroid dienone is 1. The number of hydrogen-bond donors (Lipinski definition) is 2. The monoisotopic (exact) mass is 314 g/mol. The molecule has 0 saturated carbocycles. The molecule has 3 rings (SSSR count). The first-order valence-corrected chi connectivity index (χ1v) is 7.79. The zero-order chi connectivity index (χ0) is 16.8. The molecule has 5 nitrogen and oxygen atoms in total. The van der Waals surface area contributed by atoms with Gasteiger partial charge in [0.2, 0.25) is 0 Å². The number of rotatable bonds is 2. The van der Waals surface area contributed by atoms with Gasteiger partial charge in [-0.3, -0.25) is 4.79 Å². The lowest BCUT2D eigenvalue weighted by Crippen LogP contribution is -2.48. The molecule has 1 aromatic rings. The Morgan fingerprint density at radius 1 is 1.22 bits per heavy atom. The zero-order valence-corrected chi connectivity index (χ0v) is 13.9. The highest BCUT2D eigenvalue weighted by atomic mass is 16.5. The minimum atomic E-state index is -0.396. The summed E-state index contributed by atoms with van der Waals surface area (Å²) in [6.45, 7) is 6.05. The SMILES string of the molecule is COc1ccc(C2NC(=O)NC3=C2C(=O)CC(C)(C)C3)cc1C. The number of methoxy groups -OCH3 is 1. The second-order valence-electron chi connectivity index (χ2n) is 7.09. The van der Waals surface area contributed by atoms with Crippen LogP contribution in [-0.2, 0) is 4.79 Å². The van der Waals surface area contributed by atoms with Crippen LogP contribution in [0.1, 0.15) is 43.9 Å². The van der Waals surface area contributed by atoms with E-state index in [-0.39, 0.29) is 17.2 Å². The Morgan fingerprint density at radius 2 is 1.96 bits per heavy atom. The number of benzene rings is 1. The lowest BCUT2D eigenvalue weighted by atomic mass is 9.73. The van der Waals surface area contributed by atoms with Gasteiger partial charge in [0.05, 0.1) is 13.2 Å². The average molecular weight is 314 g/mol. The molecule has 1 atom stereocenters. The van der Waals surface area contributed by atoms with E-state index >= 15 is 0 Å². The van der Waals surface area contributed by atoms with E-state index in [2.05, 4.69) is 24.5 Å². The lowest BCUT2D eigenvalue weighted by Gasteiger charge is -2.38. The molecule has 1 unspecified atom stereocenters. The molecule has 2 aliphatic rings. The third kappa shape index (κ3) is 2.83. The van der Waals surface area contributed by atoms with Crippen molar-refractivity contribution in [3.8, 4) is 5.75 Å². The van der Waals surface area contributed by atoms with Crippen LogP contribution in [0.2, 0.25) is 0 Å². The van der Waals surface area contributed by atoms with E-state index in [0.29, 0.717) is 18.4 Å². The van der Waals surface area contributed by atoms with Gasteiger partial charge in [0, 0.05) is 17.7 Å². The third-order valence-corrected chi connectivity index (χ3v) is 4.50. The third-order valence-electron chi connectivity index (χ3n) is 4.50.